The van der Waals surface area contributed by atoms with Gasteiger partial charge in [0.05, 0.1) is 46.9 Å². The molecule has 1 saturated heterocycles. The number of alkyl carbamates (subject to hydrolysis) is 1. The lowest BCUT2D eigenvalue weighted by Gasteiger charge is -2.30. The summed E-state index contributed by atoms with van der Waals surface area (Å²) in [7, 11) is 1.24. The zero-order chi connectivity index (χ0) is 43.7. The molecule has 6 rings (SSSR count). The minimum absolute atomic E-state index is 0.00696. The van der Waals surface area contributed by atoms with Crippen LogP contribution >= 0.6 is 11.6 Å². The quantitative estimate of drug-likeness (QED) is 0.0895. The van der Waals surface area contributed by atoms with E-state index in [0.29, 0.717) is 42.4 Å². The van der Waals surface area contributed by atoms with Gasteiger partial charge in [0.2, 0.25) is 11.8 Å². The van der Waals surface area contributed by atoms with Crippen molar-refractivity contribution in [2.75, 3.05) is 30.8 Å². The number of methoxy groups -OCH3 is 1. The maximum Gasteiger partial charge on any atom is 0.417 e. The van der Waals surface area contributed by atoms with Crippen LogP contribution in [-0.2, 0) is 20.5 Å². The number of anilines is 2. The van der Waals surface area contributed by atoms with Gasteiger partial charge in [0.15, 0.2) is 0 Å². The monoisotopic (exact) mass is 850 g/mol. The number of nitrogens with zero attached hydrogens (tertiary/aromatic N) is 3. The number of benzene rings is 2. The first kappa shape index (κ1) is 43.9. The number of ether oxygens (including phenoxy) is 1. The number of hydrogen-bond acceptors (Lipinski definition) is 8. The molecule has 5 atom stereocenters. The number of aromatic nitrogens is 3. The van der Waals surface area contributed by atoms with Gasteiger partial charge in [-0.15, -0.1) is 0 Å². The third-order valence-electron chi connectivity index (χ3n) is 11.1. The Kier molecular flexibility index (Phi) is 12.8. The second-order valence-corrected chi connectivity index (χ2v) is 17.2. The number of alkyl halides is 3. The highest BCUT2D eigenvalue weighted by Gasteiger charge is 2.50. The number of amides is 4. The molecule has 4 aromatic rings. The summed E-state index contributed by atoms with van der Waals surface area (Å²) in [5.41, 5.74) is 0.199. The van der Waals surface area contributed by atoms with Gasteiger partial charge in [0.1, 0.15) is 17.7 Å². The third-order valence-corrected chi connectivity index (χ3v) is 11.4. The zero-order valence-corrected chi connectivity index (χ0v) is 35.2. The molecule has 320 valence electrons. The summed E-state index contributed by atoms with van der Waals surface area (Å²) in [6, 6.07) is 10.1. The summed E-state index contributed by atoms with van der Waals surface area (Å²) in [6.45, 7) is 12.5. The topological polar surface area (TPSA) is 170 Å². The van der Waals surface area contributed by atoms with Crippen molar-refractivity contribution in [3.63, 3.8) is 0 Å². The predicted molar refractivity (Wildman–Crippen MR) is 222 cm³/mol. The predicted octanol–water partition coefficient (Wildman–Crippen LogP) is 8.32. The van der Waals surface area contributed by atoms with E-state index in [1.807, 2.05) is 27.7 Å². The minimum Gasteiger partial charge on any atom is -0.453 e. The smallest absolute Gasteiger partial charge is 0.417 e. The van der Waals surface area contributed by atoms with Gasteiger partial charge < -0.3 is 35.9 Å². The number of H-pyrrole nitrogens is 1. The average molecular weight is 851 g/mol. The molecule has 60 heavy (non-hydrogen) atoms. The number of halogens is 4. The van der Waals surface area contributed by atoms with E-state index in [1.165, 1.54) is 37.6 Å². The van der Waals surface area contributed by atoms with Crippen LogP contribution in [0.3, 0.4) is 0 Å². The number of carbonyl (C=O) groups is 4. The number of imidazole rings is 1. The van der Waals surface area contributed by atoms with Gasteiger partial charge in [0.25, 0.3) is 5.91 Å². The van der Waals surface area contributed by atoms with Crippen LogP contribution in [0, 0.1) is 23.2 Å². The molecule has 1 saturated carbocycles. The van der Waals surface area contributed by atoms with E-state index >= 15 is 0 Å². The summed E-state index contributed by atoms with van der Waals surface area (Å²) in [5.74, 6) is 0.0297. The zero-order valence-electron chi connectivity index (χ0n) is 34.5. The lowest BCUT2D eigenvalue weighted by Crippen LogP contribution is -2.51. The molecule has 0 unspecified atom stereocenters. The number of pyridine rings is 1. The highest BCUT2D eigenvalue weighted by atomic mass is 35.5. The van der Waals surface area contributed by atoms with Gasteiger partial charge in [-0.3, -0.25) is 14.4 Å². The van der Waals surface area contributed by atoms with Crippen LogP contribution < -0.4 is 21.3 Å². The van der Waals surface area contributed by atoms with Crippen molar-refractivity contribution >= 4 is 46.9 Å². The fourth-order valence-corrected chi connectivity index (χ4v) is 7.66. The standard InChI is InChI=1S/C43H50ClF3N8O5/c1-22(2)36(54-41(59)60-7)40(58)55-21-23(3)14-34(55)37-50-20-33(52-37)26-10-8-25(9-11-26)28-15-31(44)32(16-29(28)43(45,46)47)53-38(56)27-12-13-35(49-19-27)48-18-24(4)51-39(57)30-17-42(30,5)6/h8-13,15-16,19-20,22-24,30,34,36H,14,17-18,21H2,1-7H3,(H,48,49)(H,50,52)(H,51,57)(H,53,56)(H,54,59)/t23-,24-,30+,34-,36-/m0/s1. The Morgan fingerprint density at radius 2 is 1.68 bits per heavy atom. The van der Waals surface area contributed by atoms with Gasteiger partial charge in [-0.25, -0.2) is 14.8 Å². The van der Waals surface area contributed by atoms with E-state index < -0.39 is 29.8 Å². The molecule has 4 amide bonds. The first-order valence-electron chi connectivity index (χ1n) is 19.8. The van der Waals surface area contributed by atoms with Crippen LogP contribution in [0.25, 0.3) is 22.4 Å². The Morgan fingerprint density at radius 3 is 2.28 bits per heavy atom. The molecule has 2 aromatic heterocycles. The number of carbonyl (C=O) groups excluding carboxylic acids is 4. The lowest BCUT2D eigenvalue weighted by atomic mass is 9.97. The molecule has 17 heteroatoms. The number of nitrogens with one attached hydrogen (secondary N) is 5. The third kappa shape index (κ3) is 10.0. The van der Waals surface area contributed by atoms with E-state index in [4.69, 9.17) is 16.3 Å². The van der Waals surface area contributed by atoms with Crippen LogP contribution in [0.15, 0.2) is 60.9 Å². The maximum atomic E-state index is 14.5. The SMILES string of the molecule is COC(=O)N[C@H](C(=O)N1C[C@@H](C)C[C@H]1c1ncc(-c2ccc(-c3cc(Cl)c(NC(=O)c4ccc(NC[C@H](C)NC(=O)[C@H]5CC5(C)C)nc4)cc3C(F)(F)F)cc2)[nH]1)C(C)C. The molecule has 0 bridgehead atoms. The van der Waals surface area contributed by atoms with Crippen LogP contribution in [0.1, 0.15) is 82.2 Å². The molecule has 2 aromatic carbocycles. The van der Waals surface area contributed by atoms with Crippen molar-refractivity contribution in [2.45, 2.75) is 78.7 Å². The molecular formula is C43H50ClF3N8O5. The van der Waals surface area contributed by atoms with Gasteiger partial charge in [-0.1, -0.05) is 70.5 Å². The van der Waals surface area contributed by atoms with Crippen molar-refractivity contribution in [3.8, 4) is 22.4 Å². The molecule has 5 N–H and O–H groups in total. The summed E-state index contributed by atoms with van der Waals surface area (Å²) >= 11 is 6.50. The first-order chi connectivity index (χ1) is 28.2. The molecule has 3 heterocycles. The summed E-state index contributed by atoms with van der Waals surface area (Å²) in [6.07, 6.45) is -1.10. The molecule has 13 nitrogen and oxygen atoms in total. The minimum atomic E-state index is -4.79. The maximum absolute atomic E-state index is 14.5. The molecule has 2 aliphatic rings. The normalized spacial score (nSPS) is 19.3. The Balaban J connectivity index is 1.13. The van der Waals surface area contributed by atoms with E-state index in [0.717, 1.165) is 12.5 Å². The number of rotatable bonds is 13. The first-order valence-corrected chi connectivity index (χ1v) is 20.2. The molecule has 1 aliphatic carbocycles. The summed E-state index contributed by atoms with van der Waals surface area (Å²) in [4.78, 5) is 65.0. The number of aromatic amines is 1. The van der Waals surface area contributed by atoms with E-state index in [1.54, 1.807) is 29.3 Å². The highest BCUT2D eigenvalue weighted by molar-refractivity contribution is 6.34. The van der Waals surface area contributed by atoms with Gasteiger partial charge in [0, 0.05) is 31.2 Å². The summed E-state index contributed by atoms with van der Waals surface area (Å²) < 4.78 is 48.4. The van der Waals surface area contributed by atoms with Crippen molar-refractivity contribution in [1.82, 2.24) is 30.5 Å². The second-order valence-electron chi connectivity index (χ2n) is 16.8. The van der Waals surface area contributed by atoms with Crippen LogP contribution in [0.4, 0.5) is 29.5 Å². The molecule has 1 aliphatic heterocycles. The molecular weight excluding hydrogens is 801 g/mol. The fourth-order valence-electron chi connectivity index (χ4n) is 7.45. The summed E-state index contributed by atoms with van der Waals surface area (Å²) in [5, 5.41) is 11.1. The van der Waals surface area contributed by atoms with Crippen molar-refractivity contribution in [3.05, 3.63) is 82.9 Å². The number of likely N-dealkylation sites (tertiary alicyclic amines) is 1. The van der Waals surface area contributed by atoms with Crippen LogP contribution in [0.5, 0.6) is 0 Å². The van der Waals surface area contributed by atoms with Crippen LogP contribution in [0.2, 0.25) is 5.02 Å². The molecule has 0 spiro atoms. The van der Waals surface area contributed by atoms with E-state index in [-0.39, 0.29) is 74.5 Å². The van der Waals surface area contributed by atoms with Gasteiger partial charge >= 0.3 is 12.3 Å². The van der Waals surface area contributed by atoms with Crippen molar-refractivity contribution in [1.29, 1.82) is 0 Å². The average Bonchev–Trinajstić information content (AvgIpc) is 3.48. The Bertz CT molecular complexity index is 2230. The second kappa shape index (κ2) is 17.5. The van der Waals surface area contributed by atoms with Gasteiger partial charge in [-0.2, -0.15) is 13.2 Å². The molecule has 0 radical (unpaired) electrons. The Labute approximate surface area is 351 Å². The highest BCUT2D eigenvalue weighted by Crippen LogP contribution is 2.51. The van der Waals surface area contributed by atoms with Crippen LogP contribution in [-0.4, -0.2) is 75.9 Å². The Morgan fingerprint density at radius 1 is 1.00 bits per heavy atom. The fraction of sp³-hybridized carbons (Fsp3) is 0.442. The van der Waals surface area contributed by atoms with Gasteiger partial charge in [-0.05, 0) is 78.0 Å². The number of hydrogen-bond donors (Lipinski definition) is 5. The largest absolute Gasteiger partial charge is 0.453 e. The lowest BCUT2D eigenvalue weighted by molar-refractivity contribution is -0.137. The Hall–Kier alpha value is -5.64. The van der Waals surface area contributed by atoms with Crippen molar-refractivity contribution < 1.29 is 37.1 Å². The van der Waals surface area contributed by atoms with Crippen molar-refractivity contribution in [2.24, 2.45) is 23.2 Å². The van der Waals surface area contributed by atoms with E-state index in [9.17, 15) is 32.3 Å². The molecule has 2 fully saturated rings. The van der Waals surface area contributed by atoms with E-state index in [2.05, 4.69) is 50.1 Å².